The molecule has 10 heteroatoms. The van der Waals surface area contributed by atoms with Crippen LogP contribution in [0.5, 0.6) is 0 Å². The van der Waals surface area contributed by atoms with Gasteiger partial charge in [0.05, 0.1) is 0 Å². The molecule has 30 heavy (non-hydrogen) atoms. The summed E-state index contributed by atoms with van der Waals surface area (Å²) in [4.78, 5) is 35.0. The minimum atomic E-state index is -4.45. The molecule has 5 rings (SSSR count). The van der Waals surface area contributed by atoms with E-state index in [2.05, 4.69) is 15.4 Å². The number of benzene rings is 1. The first kappa shape index (κ1) is 18.7. The summed E-state index contributed by atoms with van der Waals surface area (Å²) in [7, 11) is -4.45. The average Bonchev–Trinajstić information content (AvgIpc) is 3.29. The van der Waals surface area contributed by atoms with E-state index in [4.69, 9.17) is 4.42 Å². The predicted octanol–water partition coefficient (Wildman–Crippen LogP) is 2.81. The Hall–Kier alpha value is -3.26. The first-order chi connectivity index (χ1) is 14.4. The lowest BCUT2D eigenvalue weighted by Crippen LogP contribution is -2.14. The molecule has 0 bridgehead atoms. The number of amides is 1. The molecule has 1 fully saturated rings. The number of carbonyl (C=O) groups is 1. The summed E-state index contributed by atoms with van der Waals surface area (Å²) >= 11 is 0. The number of fused-ring (bicyclic) bond motifs is 1. The molecule has 1 aliphatic rings. The molecule has 0 radical (unpaired) electrons. The van der Waals surface area contributed by atoms with Crippen molar-refractivity contribution >= 4 is 30.6 Å². The number of carbonyl (C=O) groups excluding carboxylic acids is 1. The van der Waals surface area contributed by atoms with E-state index in [-0.39, 0.29) is 23.3 Å². The zero-order valence-corrected chi connectivity index (χ0v) is 16.5. The molecule has 3 aromatic heterocycles. The molecule has 9 nitrogen and oxygen atoms in total. The van der Waals surface area contributed by atoms with Crippen molar-refractivity contribution in [1.82, 2.24) is 14.6 Å². The molecule has 0 atom stereocenters. The summed E-state index contributed by atoms with van der Waals surface area (Å²) in [5, 5.41) is 7.08. The minimum Gasteiger partial charge on any atom is -0.448 e. The maximum Gasteiger partial charge on any atom is 0.391 e. The lowest BCUT2D eigenvalue weighted by Gasteiger charge is -2.05. The predicted molar refractivity (Wildman–Crippen MR) is 109 cm³/mol. The molecule has 1 aromatic carbocycles. The number of pyridine rings is 1. The molecule has 0 unspecified atom stereocenters. The molecule has 0 aliphatic heterocycles. The van der Waals surface area contributed by atoms with E-state index >= 15 is 0 Å². The molecule has 1 aliphatic carbocycles. The number of hydrogen-bond acceptors (Lipinski definition) is 5. The number of rotatable bonds is 5. The maximum absolute atomic E-state index is 12.0. The van der Waals surface area contributed by atoms with Crippen LogP contribution in [0.2, 0.25) is 0 Å². The van der Waals surface area contributed by atoms with Crippen molar-refractivity contribution in [3.8, 4) is 22.5 Å². The van der Waals surface area contributed by atoms with Gasteiger partial charge in [-0.05, 0) is 48.7 Å². The highest BCUT2D eigenvalue weighted by Crippen LogP contribution is 2.36. The van der Waals surface area contributed by atoms with Gasteiger partial charge < -0.3 is 14.2 Å². The van der Waals surface area contributed by atoms with Crippen molar-refractivity contribution in [1.29, 1.82) is 0 Å². The van der Waals surface area contributed by atoms with Crippen molar-refractivity contribution in [3.63, 3.8) is 0 Å². The van der Waals surface area contributed by atoms with Gasteiger partial charge in [0.25, 0.3) is 0 Å². The van der Waals surface area contributed by atoms with Crippen LogP contribution >= 0.6 is 7.60 Å². The second-order valence-corrected chi connectivity index (χ2v) is 8.68. The van der Waals surface area contributed by atoms with Gasteiger partial charge in [-0.3, -0.25) is 14.7 Å². The summed E-state index contributed by atoms with van der Waals surface area (Å²) in [6, 6.07) is 13.9. The molecule has 1 saturated carbocycles. The van der Waals surface area contributed by atoms with E-state index < -0.39 is 7.60 Å². The Kier molecular flexibility index (Phi) is 4.32. The Morgan fingerprint density at radius 2 is 1.93 bits per heavy atom. The fourth-order valence-corrected chi connectivity index (χ4v) is 3.71. The van der Waals surface area contributed by atoms with Crippen LogP contribution in [0.25, 0.3) is 28.1 Å². The molecule has 152 valence electrons. The highest BCUT2D eigenvalue weighted by molar-refractivity contribution is 7.59. The quantitative estimate of drug-likeness (QED) is 0.420. The van der Waals surface area contributed by atoms with Crippen molar-refractivity contribution in [2.24, 2.45) is 5.92 Å². The highest BCUT2D eigenvalue weighted by atomic mass is 31.2. The zero-order chi connectivity index (χ0) is 20.9. The van der Waals surface area contributed by atoms with Crippen LogP contribution in [0.1, 0.15) is 12.8 Å². The van der Waals surface area contributed by atoms with E-state index in [1.54, 1.807) is 16.8 Å². The van der Waals surface area contributed by atoms with Crippen molar-refractivity contribution in [2.45, 2.75) is 12.8 Å². The number of nitrogens with zero attached hydrogens (tertiary/aromatic N) is 3. The summed E-state index contributed by atoms with van der Waals surface area (Å²) in [5.41, 5.74) is 2.48. The fourth-order valence-electron chi connectivity index (χ4n) is 3.22. The first-order valence-corrected chi connectivity index (χ1v) is 10.9. The van der Waals surface area contributed by atoms with Crippen molar-refractivity contribution in [3.05, 3.63) is 54.7 Å². The number of aromatic nitrogens is 3. The van der Waals surface area contributed by atoms with E-state index in [0.717, 1.165) is 24.0 Å². The van der Waals surface area contributed by atoms with E-state index in [1.165, 1.54) is 12.1 Å². The van der Waals surface area contributed by atoms with Gasteiger partial charge in [-0.1, -0.05) is 18.2 Å². The summed E-state index contributed by atoms with van der Waals surface area (Å²) in [6.45, 7) is 0. The van der Waals surface area contributed by atoms with E-state index in [9.17, 15) is 19.1 Å². The van der Waals surface area contributed by atoms with E-state index in [1.807, 2.05) is 30.3 Å². The molecular formula is C20H17N4O5P. The number of furan rings is 1. The van der Waals surface area contributed by atoms with Gasteiger partial charge in [0.1, 0.15) is 5.76 Å². The second-order valence-electron chi connectivity index (χ2n) is 7.15. The normalized spacial score (nSPS) is 14.2. The standard InChI is InChI=1S/C20H17N4O5P/c25-19(12-6-7-12)22-20-21-18-15(5-2-10-24(18)23-20)13-3-1-4-14(11-13)16-8-9-17(29-16)30(26,27)28/h1-5,8-12H,6-7H2,(H,22,23,25)(H2,26,27,28). The molecule has 0 spiro atoms. The second kappa shape index (κ2) is 6.91. The van der Waals surface area contributed by atoms with Crippen molar-refractivity contribution < 1.29 is 23.6 Å². The molecule has 1 amide bonds. The molecule has 3 N–H and O–H groups in total. The molecular weight excluding hydrogens is 407 g/mol. The minimum absolute atomic E-state index is 0.0547. The largest absolute Gasteiger partial charge is 0.448 e. The number of hydrogen-bond donors (Lipinski definition) is 3. The maximum atomic E-state index is 12.0. The summed E-state index contributed by atoms with van der Waals surface area (Å²) in [5.74, 6) is 0.598. The Labute approximate surface area is 170 Å². The van der Waals surface area contributed by atoms with Gasteiger partial charge in [0.15, 0.2) is 5.65 Å². The topological polar surface area (TPSA) is 130 Å². The molecule has 4 aromatic rings. The van der Waals surface area contributed by atoms with Gasteiger partial charge in [-0.15, -0.1) is 5.10 Å². The van der Waals surface area contributed by atoms with Crippen LogP contribution in [0.4, 0.5) is 5.95 Å². The average molecular weight is 424 g/mol. The van der Waals surface area contributed by atoms with Crippen molar-refractivity contribution in [2.75, 3.05) is 5.32 Å². The molecule has 3 heterocycles. The van der Waals surface area contributed by atoms with Gasteiger partial charge in [-0.25, -0.2) is 4.52 Å². The van der Waals surface area contributed by atoms with Gasteiger partial charge in [0.2, 0.25) is 17.4 Å². The Balaban J connectivity index is 1.51. The van der Waals surface area contributed by atoms with Crippen LogP contribution < -0.4 is 10.8 Å². The van der Waals surface area contributed by atoms with Gasteiger partial charge >= 0.3 is 7.60 Å². The van der Waals surface area contributed by atoms with Crippen LogP contribution in [0.3, 0.4) is 0 Å². The third-order valence-corrected chi connectivity index (χ3v) is 5.70. The number of anilines is 1. The summed E-state index contributed by atoms with van der Waals surface area (Å²) < 4.78 is 18.3. The lowest BCUT2D eigenvalue weighted by molar-refractivity contribution is -0.117. The Morgan fingerprint density at radius 1 is 1.13 bits per heavy atom. The Bertz CT molecular complexity index is 1320. The summed E-state index contributed by atoms with van der Waals surface area (Å²) in [6.07, 6.45) is 3.54. The lowest BCUT2D eigenvalue weighted by atomic mass is 10.0. The number of nitrogens with one attached hydrogen (secondary N) is 1. The van der Waals surface area contributed by atoms with Gasteiger partial charge in [-0.2, -0.15) is 4.98 Å². The SMILES string of the molecule is O=C(Nc1nc2c(-c3cccc(-c4ccc(P(=O)(O)O)o4)c3)cccn2n1)C1CC1. The highest BCUT2D eigenvalue weighted by Gasteiger charge is 2.30. The smallest absolute Gasteiger partial charge is 0.391 e. The van der Waals surface area contributed by atoms with Crippen LogP contribution in [-0.2, 0) is 9.36 Å². The van der Waals surface area contributed by atoms with Crippen LogP contribution in [0, 0.1) is 5.92 Å². The fraction of sp³-hybridized carbons (Fsp3) is 0.150. The molecule has 0 saturated heterocycles. The van der Waals surface area contributed by atoms with Gasteiger partial charge in [0, 0.05) is 23.2 Å². The first-order valence-electron chi connectivity index (χ1n) is 9.31. The third kappa shape index (κ3) is 3.54. The van der Waals surface area contributed by atoms with Crippen LogP contribution in [0.15, 0.2) is 59.1 Å². The van der Waals surface area contributed by atoms with E-state index in [0.29, 0.717) is 17.0 Å². The zero-order valence-electron chi connectivity index (χ0n) is 15.6. The third-order valence-electron chi connectivity index (χ3n) is 4.88. The Morgan fingerprint density at radius 3 is 2.67 bits per heavy atom. The monoisotopic (exact) mass is 424 g/mol. The van der Waals surface area contributed by atoms with Crippen LogP contribution in [-0.4, -0.2) is 30.3 Å².